The lowest BCUT2D eigenvalue weighted by Gasteiger charge is -2.12. The minimum absolute atomic E-state index is 0.252. The van der Waals surface area contributed by atoms with Crippen LogP contribution in [0.15, 0.2) is 107 Å². The molecule has 41 heavy (non-hydrogen) atoms. The third kappa shape index (κ3) is 5.87. The summed E-state index contributed by atoms with van der Waals surface area (Å²) < 4.78 is 15.8. The van der Waals surface area contributed by atoms with Gasteiger partial charge in [-0.25, -0.2) is 4.98 Å². The minimum atomic E-state index is -0.342. The monoisotopic (exact) mass is 773 g/mol. The van der Waals surface area contributed by atoms with Crippen LogP contribution in [0.1, 0.15) is 11.1 Å². The van der Waals surface area contributed by atoms with Crippen LogP contribution in [0.5, 0.6) is 5.75 Å². The zero-order chi connectivity index (χ0) is 28.7. The van der Waals surface area contributed by atoms with Gasteiger partial charge in [-0.05, 0) is 82.2 Å². The van der Waals surface area contributed by atoms with E-state index in [0.29, 0.717) is 54.7 Å². The summed E-state index contributed by atoms with van der Waals surface area (Å²) in [6, 6.07) is 23.5. The summed E-state index contributed by atoms with van der Waals surface area (Å²) in [6.45, 7) is 0.309. The molecule has 0 aliphatic carbocycles. The molecule has 4 aromatic carbocycles. The summed E-state index contributed by atoms with van der Waals surface area (Å²) in [6.07, 6.45) is 1.53. The van der Waals surface area contributed by atoms with E-state index in [2.05, 4.69) is 52.9 Å². The lowest BCUT2D eigenvalue weighted by molar-refractivity contribution is 0.303. The van der Waals surface area contributed by atoms with Crippen LogP contribution in [-0.4, -0.2) is 15.9 Å². The summed E-state index contributed by atoms with van der Waals surface area (Å²) >= 11 is 23.3. The molecule has 0 saturated carbocycles. The highest BCUT2D eigenvalue weighted by Crippen LogP contribution is 2.36. The van der Waals surface area contributed by atoms with E-state index in [1.165, 1.54) is 10.9 Å². The van der Waals surface area contributed by atoms with Crippen LogP contribution >= 0.6 is 71.0 Å². The van der Waals surface area contributed by atoms with Crippen molar-refractivity contribution < 1.29 is 9.15 Å². The van der Waals surface area contributed by atoms with Crippen LogP contribution < -0.4 is 10.3 Å². The molecule has 2 heterocycles. The number of rotatable bonds is 6. The Hall–Kier alpha value is -2.95. The molecule has 0 unspecified atom stereocenters. The third-order valence-electron chi connectivity index (χ3n) is 6.18. The summed E-state index contributed by atoms with van der Waals surface area (Å²) in [5, 5.41) is 6.68. The van der Waals surface area contributed by atoms with Gasteiger partial charge < -0.3 is 9.15 Å². The topological polar surface area (TPSA) is 69.6 Å². The van der Waals surface area contributed by atoms with Gasteiger partial charge in [-0.1, -0.05) is 73.3 Å². The van der Waals surface area contributed by atoms with Crippen LogP contribution in [0, 0.1) is 0 Å². The van der Waals surface area contributed by atoms with Crippen LogP contribution in [0.25, 0.3) is 33.5 Å². The highest BCUT2D eigenvalue weighted by atomic mass is 79.9. The van der Waals surface area contributed by atoms with Crippen molar-refractivity contribution in [1.82, 2.24) is 9.66 Å². The standard InChI is InChI=1S/C30H16Br3Cl2N3O3/c31-19-6-5-17(22(32)13-19)15-40-28-23(33)9-16(10-24(28)35)14-36-38-29(37-25-4-2-1-3-21(25)30(38)39)27-12-18-11-20(34)7-8-26(18)41-27/h1-14H,15H2. The largest absolute Gasteiger partial charge is 0.486 e. The Morgan fingerprint density at radius 1 is 0.951 bits per heavy atom. The molecule has 11 heteroatoms. The van der Waals surface area contributed by atoms with Gasteiger partial charge in [0, 0.05) is 24.9 Å². The zero-order valence-electron chi connectivity index (χ0n) is 20.7. The number of para-hydroxylation sites is 1. The van der Waals surface area contributed by atoms with E-state index in [-0.39, 0.29) is 11.4 Å². The van der Waals surface area contributed by atoms with Gasteiger partial charge in [0.1, 0.15) is 12.2 Å². The van der Waals surface area contributed by atoms with Crippen LogP contribution in [0.2, 0.25) is 10.0 Å². The van der Waals surface area contributed by atoms with Crippen molar-refractivity contribution in [2.24, 2.45) is 5.10 Å². The number of hydrogen-bond donors (Lipinski definition) is 0. The molecule has 0 amide bonds. The molecule has 0 aliphatic rings. The minimum Gasteiger partial charge on any atom is -0.486 e. The maximum atomic E-state index is 13.6. The van der Waals surface area contributed by atoms with Crippen molar-refractivity contribution in [3.8, 4) is 17.3 Å². The average molecular weight is 777 g/mol. The van der Waals surface area contributed by atoms with E-state index in [4.69, 9.17) is 37.3 Å². The summed E-state index contributed by atoms with van der Waals surface area (Å²) in [7, 11) is 0. The summed E-state index contributed by atoms with van der Waals surface area (Å²) in [5.41, 5.74) is 2.41. The number of hydrogen-bond acceptors (Lipinski definition) is 5. The van der Waals surface area contributed by atoms with Gasteiger partial charge in [0.25, 0.3) is 5.56 Å². The van der Waals surface area contributed by atoms with Crippen molar-refractivity contribution in [2.45, 2.75) is 6.61 Å². The molecule has 6 nitrogen and oxygen atoms in total. The van der Waals surface area contributed by atoms with E-state index in [1.54, 1.807) is 48.5 Å². The zero-order valence-corrected chi connectivity index (χ0v) is 27.0. The Morgan fingerprint density at radius 2 is 1.78 bits per heavy atom. The van der Waals surface area contributed by atoms with Crippen molar-refractivity contribution in [3.05, 3.63) is 124 Å². The normalized spacial score (nSPS) is 11.6. The van der Waals surface area contributed by atoms with Crippen molar-refractivity contribution in [2.75, 3.05) is 0 Å². The van der Waals surface area contributed by atoms with Gasteiger partial charge >= 0.3 is 0 Å². The Balaban J connectivity index is 1.37. The van der Waals surface area contributed by atoms with E-state index in [0.717, 1.165) is 19.9 Å². The summed E-state index contributed by atoms with van der Waals surface area (Å²) in [4.78, 5) is 18.3. The Bertz CT molecular complexity index is 2030. The molecule has 0 bridgehead atoms. The molecule has 0 atom stereocenters. The molecule has 0 saturated heterocycles. The first-order valence-corrected chi connectivity index (χ1v) is 15.2. The van der Waals surface area contributed by atoms with E-state index >= 15 is 0 Å². The highest BCUT2D eigenvalue weighted by Gasteiger charge is 2.17. The van der Waals surface area contributed by atoms with Crippen molar-refractivity contribution >= 4 is 99.1 Å². The number of aromatic nitrogens is 2. The van der Waals surface area contributed by atoms with Crippen molar-refractivity contribution in [1.29, 1.82) is 0 Å². The fourth-order valence-corrected chi connectivity index (χ4v) is 6.55. The van der Waals surface area contributed by atoms with Gasteiger partial charge in [-0.3, -0.25) is 4.79 Å². The second-order valence-electron chi connectivity index (χ2n) is 8.94. The van der Waals surface area contributed by atoms with Gasteiger partial charge in [0.15, 0.2) is 11.5 Å². The molecule has 6 aromatic rings. The predicted octanol–water partition coefficient (Wildman–Crippen LogP) is 9.87. The van der Waals surface area contributed by atoms with Crippen LogP contribution in [0.3, 0.4) is 0 Å². The van der Waals surface area contributed by atoms with E-state index < -0.39 is 0 Å². The Kier molecular flexibility index (Phi) is 8.07. The van der Waals surface area contributed by atoms with Gasteiger partial charge in [0.2, 0.25) is 5.82 Å². The van der Waals surface area contributed by atoms with E-state index in [1.807, 2.05) is 30.3 Å². The molecule has 2 aromatic heterocycles. The number of nitrogens with zero attached hydrogens (tertiary/aromatic N) is 3. The van der Waals surface area contributed by atoms with Crippen molar-refractivity contribution in [3.63, 3.8) is 0 Å². The number of benzene rings is 4. The molecule has 6 rings (SSSR count). The SMILES string of the molecule is O=c1c2ccccc2nc(-c2cc3cc(Cl)ccc3o2)n1N=Cc1cc(Cl)c(OCc2ccc(Br)cc2Br)c(Br)c1. The second-order valence-corrected chi connectivity index (χ2v) is 12.4. The molecule has 0 spiro atoms. The van der Waals surface area contributed by atoms with Gasteiger partial charge in [-0.2, -0.15) is 9.78 Å². The number of fused-ring (bicyclic) bond motifs is 2. The molecule has 204 valence electrons. The maximum Gasteiger partial charge on any atom is 0.282 e. The Labute approximate surface area is 268 Å². The lowest BCUT2D eigenvalue weighted by atomic mass is 10.2. The smallest absolute Gasteiger partial charge is 0.282 e. The highest BCUT2D eigenvalue weighted by molar-refractivity contribution is 9.11. The number of ether oxygens (including phenoxy) is 1. The first kappa shape index (κ1) is 28.2. The lowest BCUT2D eigenvalue weighted by Crippen LogP contribution is -2.20. The maximum absolute atomic E-state index is 13.6. The molecule has 0 fully saturated rings. The van der Waals surface area contributed by atoms with Gasteiger partial charge in [0.05, 0.1) is 26.6 Å². The third-order valence-corrected chi connectivity index (χ3v) is 8.52. The molecule has 0 aliphatic heterocycles. The molecular formula is C30H16Br3Cl2N3O3. The predicted molar refractivity (Wildman–Crippen MR) is 175 cm³/mol. The second kappa shape index (κ2) is 11.7. The molecule has 0 radical (unpaired) electrons. The first-order valence-electron chi connectivity index (χ1n) is 12.1. The van der Waals surface area contributed by atoms with Crippen LogP contribution in [0.4, 0.5) is 0 Å². The molecular weight excluding hydrogens is 761 g/mol. The fraction of sp³-hybridized carbons (Fsp3) is 0.0333. The average Bonchev–Trinajstić information content (AvgIpc) is 3.36. The quantitative estimate of drug-likeness (QED) is 0.158. The fourth-order valence-electron chi connectivity index (χ4n) is 4.22. The summed E-state index contributed by atoms with van der Waals surface area (Å²) in [5.74, 6) is 1.12. The number of halogens is 5. The molecule has 0 N–H and O–H groups in total. The Morgan fingerprint density at radius 3 is 2.59 bits per heavy atom. The van der Waals surface area contributed by atoms with Gasteiger partial charge in [-0.15, -0.1) is 0 Å². The number of furan rings is 1. The van der Waals surface area contributed by atoms with E-state index in [9.17, 15) is 4.79 Å². The van der Waals surface area contributed by atoms with Crippen LogP contribution in [-0.2, 0) is 6.61 Å². The first-order chi connectivity index (χ1) is 19.8.